The molecule has 1 N–H and O–H groups in total. The largest absolute Gasteiger partial charge is 0.457 e. The minimum absolute atomic E-state index is 0. The number of aromatic nitrogens is 12. The number of rotatable bonds is 10. The Balaban J connectivity index is 0.000000135. The molecule has 14 nitrogen and oxygen atoms in total. The molecule has 18 rings (SSSR count). The van der Waals surface area contributed by atoms with Crippen molar-refractivity contribution in [2.24, 2.45) is 0 Å². The Kier molecular flexibility index (Phi) is 16.9. The Labute approximate surface area is 586 Å². The van der Waals surface area contributed by atoms with Crippen LogP contribution >= 0.6 is 15.9 Å². The van der Waals surface area contributed by atoms with Gasteiger partial charge in [-0.3, -0.25) is 27.7 Å². The van der Waals surface area contributed by atoms with Crippen LogP contribution in [0.1, 0.15) is 109 Å². The van der Waals surface area contributed by atoms with Crippen molar-refractivity contribution in [3.63, 3.8) is 0 Å². The fourth-order valence-corrected chi connectivity index (χ4v) is 14.8. The van der Waals surface area contributed by atoms with Gasteiger partial charge in [0.2, 0.25) is 0 Å². The molecule has 0 bridgehead atoms. The fourth-order valence-electron chi connectivity index (χ4n) is 14.4. The first-order chi connectivity index (χ1) is 48.3. The molecule has 10 heterocycles. The second-order valence-corrected chi connectivity index (χ2v) is 27.2. The standard InChI is InChI=1S/C42H34N6O.C25H24N4O.C17H11BrN2.CH4/c1-25(2)29-11-9-12-30(26(3)4)39(29)37-24-46-41-34-22-27(16-18-33(34)40-42(48(37)41)45-21-20-44-40)49-28-15-17-32-31-10-5-6-13-35(31)47(36(32)23-28)38-14-7-8-19-43-38;1-14(2)17-6-5-7-18(15(3)4)22(17)21-13-28-24-20-12-16(30)8-9-19(20)23-25(29(21)24)27-11-10-26-23;18-12-8-9-14-13-5-1-2-6-15(13)20(16(14)11-12)17-7-3-4-10-19-17;/h5-26H,1-4H3;5-15,26H,1-4H3;1-11H;1H4. The molecule has 0 aliphatic heterocycles. The lowest BCUT2D eigenvalue weighted by molar-refractivity contribution is 0.484. The Morgan fingerprint density at radius 3 is 1.41 bits per heavy atom. The quantitative estimate of drug-likeness (QED) is 0.132. The number of benzene rings is 8. The molecular formula is C85H73BrN12O2. The minimum Gasteiger partial charge on any atom is -0.457 e. The SMILES string of the molecule is Brc1ccc2c3ccccc3n(-c3ccccn3)c2c1.C.CC(C)c1cccc(C(C)C)c1-c1cnc2c3cc(=O)ccc3c3[nH]ccnc3n12.CC(C)c1cccc(C(C)C)c1-c1cnc2c3cc(Oc4ccc5c6ccccc6n(-c6ccccn6)c5c4)ccc3c3nccnc3n12. The molecule has 8 aromatic carbocycles. The number of nitrogens with zero attached hydrogens (tertiary/aromatic N) is 11. The summed E-state index contributed by atoms with van der Waals surface area (Å²) in [4.78, 5) is 48.9. The molecule has 0 saturated carbocycles. The van der Waals surface area contributed by atoms with E-state index >= 15 is 0 Å². The number of fused-ring (bicyclic) bond motifs is 18. The first-order valence-corrected chi connectivity index (χ1v) is 34.4. The van der Waals surface area contributed by atoms with Gasteiger partial charge in [0.15, 0.2) is 16.7 Å². The van der Waals surface area contributed by atoms with Gasteiger partial charge in [-0.05, 0) is 143 Å². The summed E-state index contributed by atoms with van der Waals surface area (Å²) in [6.45, 7) is 17.9. The summed E-state index contributed by atoms with van der Waals surface area (Å²) in [5.41, 5.74) is 19.0. The second-order valence-electron chi connectivity index (χ2n) is 26.3. The number of aromatic amines is 1. The van der Waals surface area contributed by atoms with E-state index in [0.29, 0.717) is 29.4 Å². The highest BCUT2D eigenvalue weighted by molar-refractivity contribution is 9.10. The predicted molar refractivity (Wildman–Crippen MR) is 413 cm³/mol. The molecule has 0 aliphatic rings. The Bertz CT molecular complexity index is 6170. The van der Waals surface area contributed by atoms with Crippen LogP contribution in [0.4, 0.5) is 0 Å². The summed E-state index contributed by atoms with van der Waals surface area (Å²) in [5, 5.41) is 8.52. The molecule has 492 valence electrons. The van der Waals surface area contributed by atoms with E-state index in [1.54, 1.807) is 30.7 Å². The van der Waals surface area contributed by atoms with Gasteiger partial charge < -0.3 is 9.72 Å². The topological polar surface area (TPSA) is 151 Å². The zero-order chi connectivity index (χ0) is 67.7. The summed E-state index contributed by atoms with van der Waals surface area (Å²) in [6.07, 6.45) is 14.7. The van der Waals surface area contributed by atoms with Gasteiger partial charge in [0.05, 0.1) is 51.4 Å². The summed E-state index contributed by atoms with van der Waals surface area (Å²) < 4.78 is 16.4. The van der Waals surface area contributed by atoms with Gasteiger partial charge in [-0.15, -0.1) is 0 Å². The van der Waals surface area contributed by atoms with E-state index in [4.69, 9.17) is 29.7 Å². The number of imidazole rings is 2. The first kappa shape index (κ1) is 64.3. The molecule has 10 aromatic heterocycles. The number of pyridine rings is 4. The first-order valence-electron chi connectivity index (χ1n) is 33.6. The van der Waals surface area contributed by atoms with Crippen molar-refractivity contribution in [3.05, 3.63) is 281 Å². The average molecular weight is 1370 g/mol. The zero-order valence-electron chi connectivity index (χ0n) is 56.0. The monoisotopic (exact) mass is 1370 g/mol. The predicted octanol–water partition coefficient (Wildman–Crippen LogP) is 21.8. The molecule has 0 aliphatic carbocycles. The highest BCUT2D eigenvalue weighted by atomic mass is 79.9. The molecule has 0 saturated heterocycles. The molecule has 18 aromatic rings. The van der Waals surface area contributed by atoms with Crippen LogP contribution in [0.25, 0.3) is 133 Å². The molecule has 0 atom stereocenters. The van der Waals surface area contributed by atoms with Crippen molar-refractivity contribution in [3.8, 4) is 45.6 Å². The van der Waals surface area contributed by atoms with Crippen LogP contribution in [0.5, 0.6) is 11.5 Å². The Morgan fingerprint density at radius 2 is 0.850 bits per heavy atom. The van der Waals surface area contributed by atoms with Crippen molar-refractivity contribution in [2.75, 3.05) is 0 Å². The third-order valence-corrected chi connectivity index (χ3v) is 19.4. The van der Waals surface area contributed by atoms with Crippen molar-refractivity contribution in [2.45, 2.75) is 86.5 Å². The lowest BCUT2D eigenvalue weighted by Crippen LogP contribution is -2.04. The molecule has 0 fully saturated rings. The van der Waals surface area contributed by atoms with E-state index in [2.05, 4.69) is 232 Å². The van der Waals surface area contributed by atoms with Gasteiger partial charge in [0.25, 0.3) is 0 Å². The van der Waals surface area contributed by atoms with Crippen molar-refractivity contribution >= 4 is 115 Å². The highest BCUT2D eigenvalue weighted by Crippen LogP contribution is 2.43. The van der Waals surface area contributed by atoms with E-state index in [1.165, 1.54) is 60.6 Å². The van der Waals surface area contributed by atoms with Crippen LogP contribution in [0.3, 0.4) is 0 Å². The van der Waals surface area contributed by atoms with E-state index < -0.39 is 0 Å². The molecule has 15 heteroatoms. The maximum Gasteiger partial charge on any atom is 0.179 e. The van der Waals surface area contributed by atoms with Gasteiger partial charge in [0, 0.05) is 102 Å². The maximum absolute atomic E-state index is 12.2. The summed E-state index contributed by atoms with van der Waals surface area (Å²) in [7, 11) is 0. The number of nitrogens with one attached hydrogen (secondary N) is 1. The van der Waals surface area contributed by atoms with E-state index in [0.717, 1.165) is 105 Å². The number of halogens is 1. The number of hydrogen-bond donors (Lipinski definition) is 1. The molecule has 0 amide bonds. The Hall–Kier alpha value is -11.7. The maximum atomic E-state index is 12.2. The fraction of sp³-hybridized carbons (Fsp3) is 0.153. The van der Waals surface area contributed by atoms with Crippen molar-refractivity contribution in [1.82, 2.24) is 57.8 Å². The van der Waals surface area contributed by atoms with E-state index in [9.17, 15) is 4.79 Å². The lowest BCUT2D eigenvalue weighted by Gasteiger charge is -2.20. The summed E-state index contributed by atoms with van der Waals surface area (Å²) >= 11 is 3.56. The van der Waals surface area contributed by atoms with Crippen molar-refractivity contribution in [1.29, 1.82) is 0 Å². The third-order valence-electron chi connectivity index (χ3n) is 18.9. The smallest absolute Gasteiger partial charge is 0.179 e. The van der Waals surface area contributed by atoms with E-state index in [1.807, 2.05) is 85.6 Å². The third kappa shape index (κ3) is 11.1. The number of hydrogen-bond acceptors (Lipinski definition) is 9. The van der Waals surface area contributed by atoms with Gasteiger partial charge in [-0.1, -0.05) is 170 Å². The minimum atomic E-state index is -0.0253. The average Bonchev–Trinajstić information content (AvgIpc) is 1.33. The molecule has 0 unspecified atom stereocenters. The van der Waals surface area contributed by atoms with Crippen LogP contribution in [-0.4, -0.2) is 57.8 Å². The molecule has 0 spiro atoms. The van der Waals surface area contributed by atoms with Crippen LogP contribution in [0.15, 0.2) is 253 Å². The normalized spacial score (nSPS) is 11.8. The van der Waals surface area contributed by atoms with E-state index in [-0.39, 0.29) is 12.9 Å². The molecular weight excluding hydrogens is 1300 g/mol. The Morgan fingerprint density at radius 1 is 0.380 bits per heavy atom. The van der Waals surface area contributed by atoms with Crippen LogP contribution < -0.4 is 10.2 Å². The summed E-state index contributed by atoms with van der Waals surface area (Å²) in [5.74, 6) is 4.66. The highest BCUT2D eigenvalue weighted by Gasteiger charge is 2.25. The lowest BCUT2D eigenvalue weighted by atomic mass is 9.87. The number of para-hydroxylation sites is 2. The van der Waals surface area contributed by atoms with Gasteiger partial charge >= 0.3 is 0 Å². The zero-order valence-corrected chi connectivity index (χ0v) is 57.6. The number of H-pyrrole nitrogens is 1. The van der Waals surface area contributed by atoms with Gasteiger partial charge in [-0.25, -0.2) is 29.9 Å². The van der Waals surface area contributed by atoms with Crippen molar-refractivity contribution < 1.29 is 4.74 Å². The second kappa shape index (κ2) is 26.3. The van der Waals surface area contributed by atoms with Gasteiger partial charge in [0.1, 0.15) is 39.9 Å². The molecule has 0 radical (unpaired) electrons. The van der Waals surface area contributed by atoms with Crippen LogP contribution in [0, 0.1) is 0 Å². The van der Waals surface area contributed by atoms with Crippen LogP contribution in [-0.2, 0) is 0 Å². The molecule has 100 heavy (non-hydrogen) atoms. The van der Waals surface area contributed by atoms with Crippen LogP contribution in [0.2, 0.25) is 0 Å². The van der Waals surface area contributed by atoms with Gasteiger partial charge in [-0.2, -0.15) is 0 Å². The summed E-state index contributed by atoms with van der Waals surface area (Å²) in [6, 6.07) is 65.9. The number of ether oxygens (including phenoxy) is 1.